The highest BCUT2D eigenvalue weighted by Crippen LogP contribution is 2.34. The van der Waals surface area contributed by atoms with Crippen LogP contribution in [0.25, 0.3) is 10.9 Å². The highest BCUT2D eigenvalue weighted by Gasteiger charge is 2.28. The lowest BCUT2D eigenvalue weighted by molar-refractivity contribution is -0.384. The number of non-ortho nitro benzene ring substituents is 1. The van der Waals surface area contributed by atoms with E-state index in [9.17, 15) is 14.9 Å². The molecule has 156 valence electrons. The second kappa shape index (κ2) is 7.64. The molecule has 5 N–H and O–H groups in total. The van der Waals surface area contributed by atoms with Crippen LogP contribution >= 0.6 is 0 Å². The van der Waals surface area contributed by atoms with Gasteiger partial charge in [-0.05, 0) is 32.0 Å². The van der Waals surface area contributed by atoms with Crippen molar-refractivity contribution in [3.63, 3.8) is 0 Å². The number of aromatic nitrogens is 2. The summed E-state index contributed by atoms with van der Waals surface area (Å²) in [5, 5.41) is 25.4. The Kier molecular flexibility index (Phi) is 5.00. The smallest absolute Gasteiger partial charge is 0.272 e. The van der Waals surface area contributed by atoms with Gasteiger partial charge >= 0.3 is 0 Å². The minimum Gasteiger partial charge on any atom is -0.397 e. The molecule has 1 saturated heterocycles. The number of nitrogen functional groups attached to an aromatic ring is 1. The van der Waals surface area contributed by atoms with E-state index >= 15 is 0 Å². The minimum atomic E-state index is -0.545. The van der Waals surface area contributed by atoms with Gasteiger partial charge in [-0.25, -0.2) is 0 Å². The summed E-state index contributed by atoms with van der Waals surface area (Å²) < 4.78 is 0. The number of amides is 1. The van der Waals surface area contributed by atoms with E-state index in [0.29, 0.717) is 24.5 Å². The molecule has 0 aliphatic carbocycles. The third kappa shape index (κ3) is 3.77. The molecule has 0 saturated carbocycles. The fourth-order valence-corrected chi connectivity index (χ4v) is 4.00. The number of hydrogen-bond acceptors (Lipinski definition) is 7. The fourth-order valence-electron chi connectivity index (χ4n) is 4.00. The molecule has 0 spiro atoms. The van der Waals surface area contributed by atoms with E-state index in [0.717, 1.165) is 10.9 Å². The number of carbonyl (C=O) groups excluding carboxylic acids is 1. The zero-order chi connectivity index (χ0) is 21.4. The maximum atomic E-state index is 13.2. The third-order valence-corrected chi connectivity index (χ3v) is 5.15. The number of nitrogens with one attached hydrogen (secondary N) is 3. The molecule has 1 aliphatic heterocycles. The number of carbonyl (C=O) groups is 1. The van der Waals surface area contributed by atoms with E-state index in [1.165, 1.54) is 12.1 Å². The van der Waals surface area contributed by atoms with Gasteiger partial charge in [-0.15, -0.1) is 0 Å². The topological polar surface area (TPSA) is 142 Å². The van der Waals surface area contributed by atoms with Crippen molar-refractivity contribution in [1.82, 2.24) is 15.5 Å². The molecule has 4 rings (SSSR count). The van der Waals surface area contributed by atoms with Crippen LogP contribution in [0.5, 0.6) is 0 Å². The number of aromatic amines is 1. The minimum absolute atomic E-state index is 0.174. The molecule has 10 heteroatoms. The van der Waals surface area contributed by atoms with Crippen molar-refractivity contribution >= 4 is 39.6 Å². The number of piperazine rings is 1. The summed E-state index contributed by atoms with van der Waals surface area (Å²) in [6, 6.07) is 8.30. The highest BCUT2D eigenvalue weighted by atomic mass is 16.6. The monoisotopic (exact) mass is 409 g/mol. The Morgan fingerprint density at radius 2 is 2.00 bits per heavy atom. The van der Waals surface area contributed by atoms with Gasteiger partial charge in [0.2, 0.25) is 0 Å². The number of rotatable bonds is 4. The molecule has 0 radical (unpaired) electrons. The molecule has 3 aromatic rings. The summed E-state index contributed by atoms with van der Waals surface area (Å²) in [5.41, 5.74) is 8.21. The van der Waals surface area contributed by atoms with Gasteiger partial charge in [0.1, 0.15) is 0 Å². The molecule has 1 aromatic heterocycles. The van der Waals surface area contributed by atoms with Crippen LogP contribution in [0, 0.1) is 10.1 Å². The SMILES string of the molecule is CC1CN(c2c(N)cc([N+](=O)[O-])cc2C(=O)Nc2ccc3cn[nH]c3c2)CC(C)N1. The van der Waals surface area contributed by atoms with Gasteiger partial charge in [-0.2, -0.15) is 5.10 Å². The summed E-state index contributed by atoms with van der Waals surface area (Å²) in [5.74, 6) is -0.460. The molecule has 2 aromatic carbocycles. The first-order valence-electron chi connectivity index (χ1n) is 9.65. The Labute approximate surface area is 172 Å². The van der Waals surface area contributed by atoms with Crippen LogP contribution in [0.3, 0.4) is 0 Å². The van der Waals surface area contributed by atoms with Gasteiger partial charge in [-0.3, -0.25) is 20.0 Å². The van der Waals surface area contributed by atoms with Crippen molar-refractivity contribution in [3.05, 3.63) is 52.2 Å². The van der Waals surface area contributed by atoms with Crippen LogP contribution in [0.2, 0.25) is 0 Å². The lowest BCUT2D eigenvalue weighted by atomic mass is 10.0. The van der Waals surface area contributed by atoms with E-state index in [2.05, 4.69) is 20.8 Å². The third-order valence-electron chi connectivity index (χ3n) is 5.15. The summed E-state index contributed by atoms with van der Waals surface area (Å²) in [6.07, 6.45) is 1.69. The van der Waals surface area contributed by atoms with Crippen LogP contribution in [0.15, 0.2) is 36.5 Å². The van der Waals surface area contributed by atoms with Crippen molar-refractivity contribution in [2.24, 2.45) is 0 Å². The van der Waals surface area contributed by atoms with Gasteiger partial charge in [0.25, 0.3) is 11.6 Å². The molecule has 1 fully saturated rings. The molecule has 30 heavy (non-hydrogen) atoms. The largest absolute Gasteiger partial charge is 0.397 e. The molecule has 1 amide bonds. The Morgan fingerprint density at radius 3 is 2.70 bits per heavy atom. The van der Waals surface area contributed by atoms with E-state index in [4.69, 9.17) is 5.73 Å². The normalized spacial score (nSPS) is 19.1. The Hall–Kier alpha value is -3.66. The number of nitro benzene ring substituents is 1. The van der Waals surface area contributed by atoms with Crippen molar-refractivity contribution in [3.8, 4) is 0 Å². The fraction of sp³-hybridized carbons (Fsp3) is 0.300. The molecular formula is C20H23N7O3. The summed E-state index contributed by atoms with van der Waals surface area (Å²) in [6.45, 7) is 5.35. The van der Waals surface area contributed by atoms with E-state index in [1.807, 2.05) is 24.8 Å². The van der Waals surface area contributed by atoms with Crippen molar-refractivity contribution in [1.29, 1.82) is 0 Å². The van der Waals surface area contributed by atoms with Gasteiger partial charge < -0.3 is 21.3 Å². The van der Waals surface area contributed by atoms with Crippen molar-refractivity contribution in [2.45, 2.75) is 25.9 Å². The molecule has 2 atom stereocenters. The van der Waals surface area contributed by atoms with Crippen LogP contribution in [0.4, 0.5) is 22.7 Å². The first-order chi connectivity index (χ1) is 14.3. The predicted octanol–water partition coefficient (Wildman–Crippen LogP) is 2.49. The number of H-pyrrole nitrogens is 1. The van der Waals surface area contributed by atoms with Gasteiger partial charge in [0.15, 0.2) is 0 Å². The lowest BCUT2D eigenvalue weighted by Gasteiger charge is -2.38. The second-order valence-corrected chi connectivity index (χ2v) is 7.69. The molecule has 10 nitrogen and oxygen atoms in total. The summed E-state index contributed by atoms with van der Waals surface area (Å²) >= 11 is 0. The Balaban J connectivity index is 1.73. The second-order valence-electron chi connectivity index (χ2n) is 7.69. The van der Waals surface area contributed by atoms with E-state index < -0.39 is 10.8 Å². The first kappa shape index (κ1) is 19.6. The molecule has 1 aliphatic rings. The van der Waals surface area contributed by atoms with Gasteiger partial charge in [-0.1, -0.05) is 0 Å². The maximum absolute atomic E-state index is 13.2. The number of nitrogens with zero attached hydrogens (tertiary/aromatic N) is 3. The summed E-state index contributed by atoms with van der Waals surface area (Å²) in [4.78, 5) is 26.0. The zero-order valence-corrected chi connectivity index (χ0v) is 16.7. The molecule has 2 unspecified atom stereocenters. The number of hydrogen-bond donors (Lipinski definition) is 4. The Bertz CT molecular complexity index is 1120. The Morgan fingerprint density at radius 1 is 1.27 bits per heavy atom. The van der Waals surface area contributed by atoms with Crippen molar-refractivity contribution in [2.75, 3.05) is 29.0 Å². The van der Waals surface area contributed by atoms with Gasteiger partial charge in [0, 0.05) is 48.4 Å². The van der Waals surface area contributed by atoms with Crippen LogP contribution < -0.4 is 21.3 Å². The zero-order valence-electron chi connectivity index (χ0n) is 16.7. The highest BCUT2D eigenvalue weighted by molar-refractivity contribution is 6.11. The summed E-state index contributed by atoms with van der Waals surface area (Å²) in [7, 11) is 0. The predicted molar refractivity (Wildman–Crippen MR) is 116 cm³/mol. The molecule has 2 heterocycles. The number of anilines is 3. The molecular weight excluding hydrogens is 386 g/mol. The quantitative estimate of drug-likeness (QED) is 0.294. The number of nitro groups is 1. The first-order valence-corrected chi connectivity index (χ1v) is 9.65. The van der Waals surface area contributed by atoms with Gasteiger partial charge in [0.05, 0.1) is 33.6 Å². The number of nitrogens with two attached hydrogens (primary N) is 1. The number of fused-ring (bicyclic) bond motifs is 1. The maximum Gasteiger partial charge on any atom is 0.272 e. The van der Waals surface area contributed by atoms with E-state index in [-0.39, 0.29) is 29.0 Å². The lowest BCUT2D eigenvalue weighted by Crippen LogP contribution is -2.54. The van der Waals surface area contributed by atoms with E-state index in [1.54, 1.807) is 18.3 Å². The average Bonchev–Trinajstić information content (AvgIpc) is 3.14. The van der Waals surface area contributed by atoms with Crippen molar-refractivity contribution < 1.29 is 9.72 Å². The number of benzene rings is 2. The van der Waals surface area contributed by atoms with Crippen LogP contribution in [0.1, 0.15) is 24.2 Å². The van der Waals surface area contributed by atoms with Crippen LogP contribution in [-0.4, -0.2) is 46.2 Å². The van der Waals surface area contributed by atoms with Crippen LogP contribution in [-0.2, 0) is 0 Å². The average molecular weight is 409 g/mol. The standard InChI is InChI=1S/C20H23N7O3/c1-11-9-26(10-12(2)23-11)19-16(6-15(27(29)30)7-17(19)21)20(28)24-14-4-3-13-8-22-25-18(13)5-14/h3-8,11-12,23H,9-10,21H2,1-2H3,(H,22,25)(H,24,28). The molecule has 0 bridgehead atoms.